The van der Waals surface area contributed by atoms with E-state index in [0.717, 1.165) is 16.0 Å². The summed E-state index contributed by atoms with van der Waals surface area (Å²) in [6.45, 7) is 3.56. The maximum atomic E-state index is 11.9. The highest BCUT2D eigenvalue weighted by Gasteiger charge is 2.13. The molecule has 1 aromatic carbocycles. The molecule has 1 amide bonds. The topological polar surface area (TPSA) is 94.3 Å². The van der Waals surface area contributed by atoms with Gasteiger partial charge in [0.15, 0.2) is 6.61 Å². The summed E-state index contributed by atoms with van der Waals surface area (Å²) in [6.07, 6.45) is 0.318. The molecular weight excluding hydrogens is 366 g/mol. The molecule has 0 saturated carbocycles. The Balaban J connectivity index is 1.42. The van der Waals surface area contributed by atoms with Crippen LogP contribution in [0.15, 0.2) is 40.2 Å². The van der Waals surface area contributed by atoms with Gasteiger partial charge in [0, 0.05) is 12.1 Å². The van der Waals surface area contributed by atoms with E-state index in [1.165, 1.54) is 11.3 Å². The zero-order valence-electron chi connectivity index (χ0n) is 15.0. The van der Waals surface area contributed by atoms with Crippen molar-refractivity contribution >= 4 is 28.9 Å². The Hall–Kier alpha value is -3.00. The predicted molar refractivity (Wildman–Crippen MR) is 101 cm³/mol. The Kier molecular flexibility index (Phi) is 5.97. The van der Waals surface area contributed by atoms with Crippen LogP contribution in [0, 0.1) is 13.8 Å². The number of carbonyl (C=O) groups excluding carboxylic acids is 2. The monoisotopic (exact) mass is 385 g/mol. The number of nitrogens with one attached hydrogen (secondary N) is 1. The molecular formula is C19H19N3O4S. The van der Waals surface area contributed by atoms with E-state index in [2.05, 4.69) is 15.5 Å². The highest BCUT2D eigenvalue weighted by molar-refractivity contribution is 7.13. The third kappa shape index (κ3) is 5.49. The average molecular weight is 385 g/mol. The summed E-state index contributed by atoms with van der Waals surface area (Å²) in [5, 5.41) is 8.52. The molecule has 2 aromatic heterocycles. The van der Waals surface area contributed by atoms with Crippen LogP contribution < -0.4 is 5.32 Å². The lowest BCUT2D eigenvalue weighted by molar-refractivity contribution is -0.147. The fourth-order valence-corrected chi connectivity index (χ4v) is 3.18. The minimum absolute atomic E-state index is 0.0584. The Morgan fingerprint density at radius 2 is 2.00 bits per heavy atom. The van der Waals surface area contributed by atoms with Crippen molar-refractivity contribution < 1.29 is 18.8 Å². The minimum atomic E-state index is -0.499. The normalized spacial score (nSPS) is 10.6. The first-order chi connectivity index (χ1) is 13.0. The Morgan fingerprint density at radius 3 is 2.70 bits per heavy atom. The molecule has 0 atom stereocenters. The van der Waals surface area contributed by atoms with Crippen LogP contribution in [0.4, 0.5) is 5.69 Å². The molecule has 1 N–H and O–H groups in total. The largest absolute Gasteiger partial charge is 0.456 e. The quantitative estimate of drug-likeness (QED) is 0.625. The molecule has 0 aliphatic rings. The number of esters is 1. The fraction of sp³-hybridized carbons (Fsp3) is 0.263. The van der Waals surface area contributed by atoms with Crippen molar-refractivity contribution in [3.05, 3.63) is 52.7 Å². The van der Waals surface area contributed by atoms with Gasteiger partial charge in [-0.3, -0.25) is 9.59 Å². The van der Waals surface area contributed by atoms with Gasteiger partial charge >= 0.3 is 5.97 Å². The molecule has 0 fully saturated rings. The molecule has 0 unspecified atom stereocenters. The van der Waals surface area contributed by atoms with Crippen molar-refractivity contribution in [1.82, 2.24) is 10.1 Å². The van der Waals surface area contributed by atoms with Gasteiger partial charge < -0.3 is 14.6 Å². The number of ether oxygens (including phenoxy) is 1. The van der Waals surface area contributed by atoms with Gasteiger partial charge in [0.2, 0.25) is 11.7 Å². The number of anilines is 1. The maximum Gasteiger partial charge on any atom is 0.306 e. The lowest BCUT2D eigenvalue weighted by Crippen LogP contribution is -2.21. The zero-order valence-corrected chi connectivity index (χ0v) is 15.8. The molecule has 0 aliphatic heterocycles. The van der Waals surface area contributed by atoms with Crippen molar-refractivity contribution in [2.24, 2.45) is 0 Å². The number of carbonyl (C=O) groups is 2. The van der Waals surface area contributed by atoms with Crippen molar-refractivity contribution in [3.63, 3.8) is 0 Å². The van der Waals surface area contributed by atoms with E-state index < -0.39 is 5.97 Å². The summed E-state index contributed by atoms with van der Waals surface area (Å²) < 4.78 is 10.1. The number of hydrogen-bond donors (Lipinski definition) is 1. The fourth-order valence-electron chi connectivity index (χ4n) is 2.53. The number of nitrogens with zero attached hydrogens (tertiary/aromatic N) is 2. The minimum Gasteiger partial charge on any atom is -0.456 e. The van der Waals surface area contributed by atoms with Crippen molar-refractivity contribution in [1.29, 1.82) is 0 Å². The molecule has 0 radical (unpaired) electrons. The number of aromatic nitrogens is 2. The van der Waals surface area contributed by atoms with Gasteiger partial charge in [-0.25, -0.2) is 0 Å². The molecule has 140 valence electrons. The van der Waals surface area contributed by atoms with Gasteiger partial charge in [-0.1, -0.05) is 17.3 Å². The number of amides is 1. The van der Waals surface area contributed by atoms with Crippen LogP contribution in [0.2, 0.25) is 0 Å². The van der Waals surface area contributed by atoms with Gasteiger partial charge in [0.25, 0.3) is 5.91 Å². The maximum absolute atomic E-state index is 11.9. The number of rotatable bonds is 7. The van der Waals surface area contributed by atoms with Crippen LogP contribution >= 0.6 is 11.3 Å². The summed E-state index contributed by atoms with van der Waals surface area (Å²) in [5.41, 5.74) is 2.77. The van der Waals surface area contributed by atoms with Crippen molar-refractivity contribution in [2.45, 2.75) is 26.7 Å². The van der Waals surface area contributed by atoms with E-state index in [1.807, 2.05) is 49.6 Å². The zero-order chi connectivity index (χ0) is 19.2. The Bertz CT molecular complexity index is 914. The summed E-state index contributed by atoms with van der Waals surface area (Å²) >= 11 is 1.51. The first-order valence-corrected chi connectivity index (χ1v) is 9.28. The predicted octanol–water partition coefficient (Wildman–Crippen LogP) is 3.53. The smallest absolute Gasteiger partial charge is 0.306 e. The highest BCUT2D eigenvalue weighted by Crippen LogP contribution is 2.21. The van der Waals surface area contributed by atoms with Crippen LogP contribution in [-0.4, -0.2) is 28.6 Å². The van der Waals surface area contributed by atoms with Gasteiger partial charge in [-0.15, -0.1) is 11.3 Å². The second-order valence-electron chi connectivity index (χ2n) is 6.07. The molecule has 27 heavy (non-hydrogen) atoms. The van der Waals surface area contributed by atoms with Crippen LogP contribution in [0.5, 0.6) is 0 Å². The van der Waals surface area contributed by atoms with E-state index >= 15 is 0 Å². The first kappa shape index (κ1) is 18.8. The molecule has 0 spiro atoms. The van der Waals surface area contributed by atoms with Crippen LogP contribution in [0.1, 0.15) is 23.4 Å². The third-order valence-corrected chi connectivity index (χ3v) is 4.49. The number of hydrogen-bond acceptors (Lipinski definition) is 7. The highest BCUT2D eigenvalue weighted by atomic mass is 32.1. The molecule has 3 rings (SSSR count). The average Bonchev–Trinajstić information content (AvgIpc) is 3.28. The first-order valence-electron chi connectivity index (χ1n) is 8.40. The van der Waals surface area contributed by atoms with Gasteiger partial charge in [0.05, 0.1) is 11.3 Å². The molecule has 0 bridgehead atoms. The second-order valence-corrected chi connectivity index (χ2v) is 7.02. The van der Waals surface area contributed by atoms with E-state index in [4.69, 9.17) is 9.26 Å². The number of thiophene rings is 1. The molecule has 8 heteroatoms. The summed E-state index contributed by atoms with van der Waals surface area (Å²) in [7, 11) is 0. The van der Waals surface area contributed by atoms with Crippen LogP contribution in [0.25, 0.3) is 10.7 Å². The molecule has 2 heterocycles. The van der Waals surface area contributed by atoms with Crippen LogP contribution in [0.3, 0.4) is 0 Å². The molecule has 7 nitrogen and oxygen atoms in total. The second kappa shape index (κ2) is 8.59. The van der Waals surface area contributed by atoms with E-state index in [1.54, 1.807) is 0 Å². The molecule has 0 saturated heterocycles. The molecule has 3 aromatic rings. The standard InChI is InChI=1S/C19H19N3O4S/c1-12-8-13(2)10-14(9-12)20-16(23)11-25-18(24)6-5-17-21-19(22-26-17)15-4-3-7-27-15/h3-4,7-10H,5-6,11H2,1-2H3,(H,20,23). The summed E-state index contributed by atoms with van der Waals surface area (Å²) in [5.74, 6) is -0.0243. The van der Waals surface area contributed by atoms with Gasteiger partial charge in [-0.2, -0.15) is 4.98 Å². The lowest BCUT2D eigenvalue weighted by atomic mass is 10.1. The number of aryl methyl sites for hydroxylation is 3. The Labute approximate surface area is 160 Å². The summed E-state index contributed by atoms with van der Waals surface area (Å²) in [6, 6.07) is 9.51. The lowest BCUT2D eigenvalue weighted by Gasteiger charge is -2.08. The van der Waals surface area contributed by atoms with E-state index in [9.17, 15) is 9.59 Å². The van der Waals surface area contributed by atoms with Gasteiger partial charge in [-0.05, 0) is 48.6 Å². The SMILES string of the molecule is Cc1cc(C)cc(NC(=O)COC(=O)CCc2nc(-c3cccs3)no2)c1. The van der Waals surface area contributed by atoms with Crippen molar-refractivity contribution in [2.75, 3.05) is 11.9 Å². The summed E-state index contributed by atoms with van der Waals surface area (Å²) in [4.78, 5) is 28.9. The van der Waals surface area contributed by atoms with Gasteiger partial charge in [0.1, 0.15) is 0 Å². The van der Waals surface area contributed by atoms with E-state index in [0.29, 0.717) is 17.4 Å². The molecule has 0 aliphatic carbocycles. The number of benzene rings is 1. The van der Waals surface area contributed by atoms with Crippen molar-refractivity contribution in [3.8, 4) is 10.7 Å². The Morgan fingerprint density at radius 1 is 1.22 bits per heavy atom. The van der Waals surface area contributed by atoms with E-state index in [-0.39, 0.29) is 25.4 Å². The van der Waals surface area contributed by atoms with Crippen LogP contribution in [-0.2, 0) is 20.7 Å². The third-order valence-electron chi connectivity index (χ3n) is 3.62.